The van der Waals surface area contributed by atoms with Crippen LogP contribution in [-0.2, 0) is 4.79 Å². The molecule has 0 aromatic heterocycles. The third-order valence-corrected chi connectivity index (χ3v) is 1.70. The van der Waals surface area contributed by atoms with Crippen molar-refractivity contribution in [2.75, 3.05) is 0 Å². The molecule has 0 aromatic carbocycles. The van der Waals surface area contributed by atoms with E-state index in [1.807, 2.05) is 19.9 Å². The van der Waals surface area contributed by atoms with E-state index in [1.165, 1.54) is 0 Å². The topological polar surface area (TPSA) is 29.1 Å². The molecule has 0 bridgehead atoms. The van der Waals surface area contributed by atoms with Crippen molar-refractivity contribution < 1.29 is 4.79 Å². The van der Waals surface area contributed by atoms with E-state index in [0.29, 0.717) is 6.04 Å². The highest BCUT2D eigenvalue weighted by Crippen LogP contribution is 2.18. The summed E-state index contributed by atoms with van der Waals surface area (Å²) in [6.07, 6.45) is 4.14. The van der Waals surface area contributed by atoms with Gasteiger partial charge in [0, 0.05) is 11.6 Å². The fourth-order valence-electron chi connectivity index (χ4n) is 0.658. The van der Waals surface area contributed by atoms with Gasteiger partial charge < -0.3 is 5.32 Å². The van der Waals surface area contributed by atoms with E-state index in [-0.39, 0.29) is 5.91 Å². The summed E-state index contributed by atoms with van der Waals surface area (Å²) < 4.78 is 0. The maximum Gasteiger partial charge on any atom is 0.246 e. The summed E-state index contributed by atoms with van der Waals surface area (Å²) in [4.78, 5) is 11.0. The fraction of sp³-hybridized carbons (Fsp3) is 0.625. The standard InChI is InChI=1S/C8H13NO/c1-3-6(2)8(10)9-7-4-5-7/h3,7H,4-5H2,1-2H3,(H,9,10)/b6-3+. The lowest BCUT2D eigenvalue weighted by Crippen LogP contribution is -2.25. The van der Waals surface area contributed by atoms with Crippen LogP contribution in [0.25, 0.3) is 0 Å². The Labute approximate surface area is 61.3 Å². The molecule has 0 aliphatic heterocycles. The molecule has 56 valence electrons. The normalized spacial score (nSPS) is 18.8. The second kappa shape index (κ2) is 2.86. The Hall–Kier alpha value is -0.790. The molecule has 1 aliphatic rings. The van der Waals surface area contributed by atoms with Crippen LogP contribution >= 0.6 is 0 Å². The molecule has 2 nitrogen and oxygen atoms in total. The van der Waals surface area contributed by atoms with Crippen molar-refractivity contribution in [3.8, 4) is 0 Å². The zero-order chi connectivity index (χ0) is 7.56. The molecule has 10 heavy (non-hydrogen) atoms. The number of hydrogen-bond donors (Lipinski definition) is 1. The highest BCUT2D eigenvalue weighted by atomic mass is 16.1. The number of nitrogens with one attached hydrogen (secondary N) is 1. The first-order valence-corrected chi connectivity index (χ1v) is 3.68. The minimum Gasteiger partial charge on any atom is -0.350 e. The summed E-state index contributed by atoms with van der Waals surface area (Å²) in [5, 5.41) is 2.90. The molecule has 1 rings (SSSR count). The van der Waals surface area contributed by atoms with Crippen LogP contribution in [0, 0.1) is 0 Å². The summed E-state index contributed by atoms with van der Waals surface area (Å²) >= 11 is 0. The summed E-state index contributed by atoms with van der Waals surface area (Å²) in [6.45, 7) is 3.71. The van der Waals surface area contributed by atoms with Crippen LogP contribution in [0.2, 0.25) is 0 Å². The monoisotopic (exact) mass is 139 g/mol. The van der Waals surface area contributed by atoms with Gasteiger partial charge >= 0.3 is 0 Å². The number of rotatable bonds is 2. The molecule has 0 aromatic rings. The largest absolute Gasteiger partial charge is 0.350 e. The lowest BCUT2D eigenvalue weighted by Gasteiger charge is -2.00. The van der Waals surface area contributed by atoms with Crippen molar-refractivity contribution in [1.82, 2.24) is 5.32 Å². The Morgan fingerprint density at radius 2 is 2.20 bits per heavy atom. The molecule has 1 saturated carbocycles. The Bertz CT molecular complexity index is 168. The molecule has 0 atom stereocenters. The predicted octanol–water partition coefficient (Wildman–Crippen LogP) is 1.23. The first kappa shape index (κ1) is 7.32. The molecule has 0 saturated heterocycles. The molecule has 2 heteroatoms. The van der Waals surface area contributed by atoms with E-state index in [9.17, 15) is 4.79 Å². The highest BCUT2D eigenvalue weighted by molar-refractivity contribution is 5.93. The van der Waals surface area contributed by atoms with Gasteiger partial charge in [0.25, 0.3) is 0 Å². The summed E-state index contributed by atoms with van der Waals surface area (Å²) in [5.74, 6) is 0.0880. The molecule has 0 unspecified atom stereocenters. The molecular formula is C8H13NO. The maximum absolute atomic E-state index is 11.0. The van der Waals surface area contributed by atoms with Crippen molar-refractivity contribution in [1.29, 1.82) is 0 Å². The van der Waals surface area contributed by atoms with Gasteiger partial charge in [0.1, 0.15) is 0 Å². The van der Waals surface area contributed by atoms with Gasteiger partial charge in [0.2, 0.25) is 5.91 Å². The lowest BCUT2D eigenvalue weighted by molar-refractivity contribution is -0.117. The predicted molar refractivity (Wildman–Crippen MR) is 40.6 cm³/mol. The minimum atomic E-state index is 0.0880. The fourth-order valence-corrected chi connectivity index (χ4v) is 0.658. The molecule has 1 aliphatic carbocycles. The lowest BCUT2D eigenvalue weighted by atomic mass is 10.3. The smallest absolute Gasteiger partial charge is 0.246 e. The van der Waals surface area contributed by atoms with Gasteiger partial charge in [-0.2, -0.15) is 0 Å². The van der Waals surface area contributed by atoms with Gasteiger partial charge in [-0.15, -0.1) is 0 Å². The van der Waals surface area contributed by atoms with Crippen molar-refractivity contribution in [2.45, 2.75) is 32.7 Å². The average molecular weight is 139 g/mol. The van der Waals surface area contributed by atoms with E-state index in [2.05, 4.69) is 5.32 Å². The quantitative estimate of drug-likeness (QED) is 0.573. The van der Waals surface area contributed by atoms with Gasteiger partial charge in [-0.05, 0) is 26.7 Å². The molecule has 1 N–H and O–H groups in total. The SMILES string of the molecule is C/C=C(\C)C(=O)NC1CC1. The van der Waals surface area contributed by atoms with Crippen LogP contribution < -0.4 is 5.32 Å². The summed E-state index contributed by atoms with van der Waals surface area (Å²) in [6, 6.07) is 0.474. The van der Waals surface area contributed by atoms with Crippen LogP contribution in [0.1, 0.15) is 26.7 Å². The molecule has 1 amide bonds. The molecular weight excluding hydrogens is 126 g/mol. The second-order valence-corrected chi connectivity index (χ2v) is 2.72. The van der Waals surface area contributed by atoms with Crippen LogP contribution in [0.15, 0.2) is 11.6 Å². The van der Waals surface area contributed by atoms with E-state index < -0.39 is 0 Å². The zero-order valence-corrected chi connectivity index (χ0v) is 6.48. The van der Waals surface area contributed by atoms with Gasteiger partial charge in [-0.1, -0.05) is 6.08 Å². The zero-order valence-electron chi connectivity index (χ0n) is 6.48. The second-order valence-electron chi connectivity index (χ2n) is 2.72. The van der Waals surface area contributed by atoms with Crippen LogP contribution in [0.5, 0.6) is 0 Å². The minimum absolute atomic E-state index is 0.0880. The van der Waals surface area contributed by atoms with Gasteiger partial charge in [-0.25, -0.2) is 0 Å². The molecule has 0 heterocycles. The van der Waals surface area contributed by atoms with Crippen LogP contribution in [0.4, 0.5) is 0 Å². The summed E-state index contributed by atoms with van der Waals surface area (Å²) in [7, 11) is 0. The van der Waals surface area contributed by atoms with Crippen molar-refractivity contribution in [2.24, 2.45) is 0 Å². The Morgan fingerprint density at radius 1 is 1.60 bits per heavy atom. The third-order valence-electron chi connectivity index (χ3n) is 1.70. The van der Waals surface area contributed by atoms with Gasteiger partial charge in [0.05, 0.1) is 0 Å². The van der Waals surface area contributed by atoms with Crippen molar-refractivity contribution >= 4 is 5.91 Å². The molecule has 0 spiro atoms. The molecule has 0 radical (unpaired) electrons. The van der Waals surface area contributed by atoms with Gasteiger partial charge in [-0.3, -0.25) is 4.79 Å². The Kier molecular flexibility index (Phi) is 2.10. The van der Waals surface area contributed by atoms with Crippen LogP contribution in [0.3, 0.4) is 0 Å². The van der Waals surface area contributed by atoms with E-state index in [4.69, 9.17) is 0 Å². The van der Waals surface area contributed by atoms with E-state index in [0.717, 1.165) is 18.4 Å². The first-order chi connectivity index (χ1) is 4.74. The van der Waals surface area contributed by atoms with Crippen molar-refractivity contribution in [3.05, 3.63) is 11.6 Å². The first-order valence-electron chi connectivity index (χ1n) is 3.68. The third kappa shape index (κ3) is 1.87. The Morgan fingerprint density at radius 3 is 2.60 bits per heavy atom. The van der Waals surface area contributed by atoms with Gasteiger partial charge in [0.15, 0.2) is 0 Å². The molecule has 1 fully saturated rings. The number of allylic oxidation sites excluding steroid dienone is 1. The number of carbonyl (C=O) groups excluding carboxylic acids is 1. The highest BCUT2D eigenvalue weighted by Gasteiger charge is 2.23. The van der Waals surface area contributed by atoms with Crippen molar-refractivity contribution in [3.63, 3.8) is 0 Å². The number of hydrogen-bond acceptors (Lipinski definition) is 1. The van der Waals surface area contributed by atoms with Crippen LogP contribution in [-0.4, -0.2) is 11.9 Å². The number of carbonyl (C=O) groups is 1. The van der Waals surface area contributed by atoms with E-state index in [1.54, 1.807) is 0 Å². The number of amides is 1. The van der Waals surface area contributed by atoms with E-state index >= 15 is 0 Å². The average Bonchev–Trinajstić information content (AvgIpc) is 2.70. The maximum atomic E-state index is 11.0. The summed E-state index contributed by atoms with van der Waals surface area (Å²) in [5.41, 5.74) is 0.812. The Balaban J connectivity index is 2.32.